The molecular weight excluding hydrogens is 399 g/mol. The minimum absolute atomic E-state index is 0.140. The van der Waals surface area contributed by atoms with Crippen molar-refractivity contribution in [3.8, 4) is 0 Å². The number of anilines is 1. The fourth-order valence-electron chi connectivity index (χ4n) is 2.01. The van der Waals surface area contributed by atoms with E-state index < -0.39 is 0 Å². The molecule has 0 aliphatic carbocycles. The molecule has 2 aromatic carbocycles. The van der Waals surface area contributed by atoms with Gasteiger partial charge in [0.15, 0.2) is 0 Å². The Morgan fingerprint density at radius 3 is 2.48 bits per heavy atom. The van der Waals surface area contributed by atoms with Crippen molar-refractivity contribution in [1.82, 2.24) is 5.32 Å². The van der Waals surface area contributed by atoms with Crippen LogP contribution in [0.5, 0.6) is 0 Å². The fraction of sp³-hybridized carbons (Fsp3) is 0.188. The van der Waals surface area contributed by atoms with Crippen LogP contribution in [0.25, 0.3) is 0 Å². The van der Waals surface area contributed by atoms with Gasteiger partial charge in [-0.3, -0.25) is 4.79 Å². The summed E-state index contributed by atoms with van der Waals surface area (Å²) in [6.45, 7) is 2.08. The Balaban J connectivity index is 2.19. The van der Waals surface area contributed by atoms with Gasteiger partial charge in [0.2, 0.25) is 0 Å². The molecule has 0 heterocycles. The van der Waals surface area contributed by atoms with E-state index in [4.69, 9.17) is 11.6 Å². The number of carbonyl (C=O) groups excluding carboxylic acids is 1. The summed E-state index contributed by atoms with van der Waals surface area (Å²) in [5.74, 6) is -0.189. The molecule has 2 N–H and O–H groups in total. The van der Waals surface area contributed by atoms with Crippen molar-refractivity contribution in [3.63, 3.8) is 0 Å². The molecule has 0 aromatic heterocycles. The highest BCUT2D eigenvalue weighted by Gasteiger charge is 2.11. The van der Waals surface area contributed by atoms with Crippen LogP contribution in [-0.4, -0.2) is 13.0 Å². The third-order valence-corrected chi connectivity index (χ3v) is 4.24. The Morgan fingerprint density at radius 2 is 1.86 bits per heavy atom. The smallest absolute Gasteiger partial charge is 0.252 e. The average molecular weight is 415 g/mol. The molecule has 5 heteroatoms. The maximum absolute atomic E-state index is 11.8. The minimum atomic E-state index is -0.189. The Kier molecular flexibility index (Phi) is 5.47. The summed E-state index contributed by atoms with van der Waals surface area (Å²) in [6.07, 6.45) is 0. The predicted molar refractivity (Wildman–Crippen MR) is 96.0 cm³/mol. The van der Waals surface area contributed by atoms with E-state index in [9.17, 15) is 4.79 Å². The molecule has 3 nitrogen and oxygen atoms in total. The van der Waals surface area contributed by atoms with Crippen molar-refractivity contribution < 1.29 is 4.79 Å². The molecule has 1 atom stereocenters. The highest BCUT2D eigenvalue weighted by atomic mass is 127. The highest BCUT2D eigenvalue weighted by molar-refractivity contribution is 14.1. The third kappa shape index (κ3) is 4.11. The minimum Gasteiger partial charge on any atom is -0.379 e. The van der Waals surface area contributed by atoms with Gasteiger partial charge in [-0.25, -0.2) is 0 Å². The molecule has 1 unspecified atom stereocenters. The molecule has 0 saturated heterocycles. The van der Waals surface area contributed by atoms with Crippen LogP contribution in [-0.2, 0) is 0 Å². The van der Waals surface area contributed by atoms with E-state index >= 15 is 0 Å². The summed E-state index contributed by atoms with van der Waals surface area (Å²) >= 11 is 8.33. The van der Waals surface area contributed by atoms with Gasteiger partial charge in [-0.05, 0) is 65.4 Å². The van der Waals surface area contributed by atoms with Gasteiger partial charge < -0.3 is 10.6 Å². The Morgan fingerprint density at radius 1 is 1.19 bits per heavy atom. The van der Waals surface area contributed by atoms with Gasteiger partial charge in [0.25, 0.3) is 5.91 Å². The van der Waals surface area contributed by atoms with Gasteiger partial charge in [-0.15, -0.1) is 0 Å². The molecule has 2 aromatic rings. The van der Waals surface area contributed by atoms with E-state index in [1.54, 1.807) is 19.2 Å². The normalized spacial score (nSPS) is 11.8. The van der Waals surface area contributed by atoms with Crippen molar-refractivity contribution >= 4 is 45.8 Å². The third-order valence-electron chi connectivity index (χ3n) is 3.19. The maximum Gasteiger partial charge on any atom is 0.252 e. The lowest BCUT2D eigenvalue weighted by atomic mass is 10.1. The van der Waals surface area contributed by atoms with Crippen molar-refractivity contribution in [2.24, 2.45) is 0 Å². The zero-order valence-corrected chi connectivity index (χ0v) is 14.7. The molecule has 0 aliphatic rings. The number of nitrogens with one attached hydrogen (secondary N) is 2. The number of benzene rings is 2. The van der Waals surface area contributed by atoms with Gasteiger partial charge in [0.05, 0.1) is 10.6 Å². The van der Waals surface area contributed by atoms with E-state index in [1.165, 1.54) is 9.13 Å². The summed E-state index contributed by atoms with van der Waals surface area (Å²) < 4.78 is 1.21. The van der Waals surface area contributed by atoms with Crippen molar-refractivity contribution in [2.45, 2.75) is 13.0 Å². The summed E-state index contributed by atoms with van der Waals surface area (Å²) in [6, 6.07) is 13.8. The fourth-order valence-corrected chi connectivity index (χ4v) is 2.57. The number of amides is 1. The number of hydrogen-bond acceptors (Lipinski definition) is 2. The van der Waals surface area contributed by atoms with E-state index in [1.807, 2.05) is 6.07 Å². The van der Waals surface area contributed by atoms with Crippen LogP contribution in [0.2, 0.25) is 5.02 Å². The molecule has 0 spiro atoms. The van der Waals surface area contributed by atoms with Crippen LogP contribution in [0, 0.1) is 3.57 Å². The number of hydrogen-bond donors (Lipinski definition) is 2. The average Bonchev–Trinajstić information content (AvgIpc) is 2.49. The second-order valence-electron chi connectivity index (χ2n) is 4.69. The lowest BCUT2D eigenvalue weighted by Gasteiger charge is -2.17. The molecule has 0 aliphatic heterocycles. The molecule has 2 rings (SSSR count). The van der Waals surface area contributed by atoms with Crippen LogP contribution >= 0.6 is 34.2 Å². The van der Waals surface area contributed by atoms with Gasteiger partial charge >= 0.3 is 0 Å². The lowest BCUT2D eigenvalue weighted by molar-refractivity contribution is 0.0963. The van der Waals surface area contributed by atoms with E-state index in [-0.39, 0.29) is 11.9 Å². The van der Waals surface area contributed by atoms with Gasteiger partial charge in [-0.2, -0.15) is 0 Å². The Hall–Kier alpha value is -1.27. The van der Waals surface area contributed by atoms with E-state index in [2.05, 4.69) is 64.4 Å². The largest absolute Gasteiger partial charge is 0.379 e. The van der Waals surface area contributed by atoms with Crippen LogP contribution in [0.4, 0.5) is 5.69 Å². The Bertz CT molecular complexity index is 643. The Labute approximate surface area is 143 Å². The molecule has 0 saturated carbocycles. The lowest BCUT2D eigenvalue weighted by Crippen LogP contribution is -2.18. The maximum atomic E-state index is 11.8. The molecule has 110 valence electrons. The standard InChI is InChI=1S/C16H16ClIN2O/c1-10(11-3-5-12(18)6-4-11)20-13-7-8-15(17)14(9-13)16(21)19-2/h3-10,20H,1-2H3,(H,19,21). The van der Waals surface area contributed by atoms with Crippen LogP contribution < -0.4 is 10.6 Å². The zero-order chi connectivity index (χ0) is 15.4. The number of halogens is 2. The van der Waals surface area contributed by atoms with Crippen molar-refractivity contribution in [1.29, 1.82) is 0 Å². The first kappa shape index (κ1) is 16.1. The van der Waals surface area contributed by atoms with Crippen LogP contribution in [0.15, 0.2) is 42.5 Å². The topological polar surface area (TPSA) is 41.1 Å². The molecule has 21 heavy (non-hydrogen) atoms. The van der Waals surface area contributed by atoms with Gasteiger partial charge in [-0.1, -0.05) is 23.7 Å². The number of rotatable bonds is 4. The van der Waals surface area contributed by atoms with Crippen molar-refractivity contribution in [3.05, 3.63) is 62.2 Å². The summed E-state index contributed by atoms with van der Waals surface area (Å²) in [5.41, 5.74) is 2.52. The number of carbonyl (C=O) groups is 1. The SMILES string of the molecule is CNC(=O)c1cc(NC(C)c2ccc(I)cc2)ccc1Cl. The predicted octanol–water partition coefficient (Wildman–Crippen LogP) is 4.48. The van der Waals surface area contributed by atoms with Gasteiger partial charge in [0, 0.05) is 22.3 Å². The van der Waals surface area contributed by atoms with Crippen LogP contribution in [0.3, 0.4) is 0 Å². The zero-order valence-electron chi connectivity index (χ0n) is 11.8. The molecular formula is C16H16ClIN2O. The first-order valence-corrected chi connectivity index (χ1v) is 8.00. The van der Waals surface area contributed by atoms with E-state index in [0.29, 0.717) is 10.6 Å². The highest BCUT2D eigenvalue weighted by Crippen LogP contribution is 2.24. The summed E-state index contributed by atoms with van der Waals surface area (Å²) in [5, 5.41) is 6.42. The van der Waals surface area contributed by atoms with Crippen LogP contribution in [0.1, 0.15) is 28.9 Å². The van der Waals surface area contributed by atoms with E-state index in [0.717, 1.165) is 5.69 Å². The first-order valence-electron chi connectivity index (χ1n) is 6.55. The second-order valence-corrected chi connectivity index (χ2v) is 6.34. The molecule has 1 amide bonds. The monoisotopic (exact) mass is 414 g/mol. The quantitative estimate of drug-likeness (QED) is 0.725. The molecule has 0 radical (unpaired) electrons. The summed E-state index contributed by atoms with van der Waals surface area (Å²) in [4.78, 5) is 11.8. The second kappa shape index (κ2) is 7.13. The van der Waals surface area contributed by atoms with Gasteiger partial charge in [0.1, 0.15) is 0 Å². The summed E-state index contributed by atoms with van der Waals surface area (Å²) in [7, 11) is 1.59. The molecule has 0 bridgehead atoms. The first-order chi connectivity index (χ1) is 10.0. The van der Waals surface area contributed by atoms with Crippen molar-refractivity contribution in [2.75, 3.05) is 12.4 Å². The molecule has 0 fully saturated rings.